The van der Waals surface area contributed by atoms with Gasteiger partial charge in [0, 0.05) is 16.6 Å². The van der Waals surface area contributed by atoms with E-state index in [1.165, 1.54) is 18.2 Å². The Balaban J connectivity index is 2.19. The van der Waals surface area contributed by atoms with Crippen LogP contribution in [0.2, 0.25) is 15.1 Å². The molecule has 20 heavy (non-hydrogen) atoms. The molecule has 0 aliphatic rings. The van der Waals surface area contributed by atoms with Crippen molar-refractivity contribution in [2.24, 2.45) is 0 Å². The van der Waals surface area contributed by atoms with Gasteiger partial charge in [0.05, 0.1) is 5.02 Å². The van der Waals surface area contributed by atoms with Crippen molar-refractivity contribution in [3.8, 4) is 0 Å². The zero-order valence-electron chi connectivity index (χ0n) is 10.1. The third-order valence-corrected chi connectivity index (χ3v) is 4.89. The molecule has 0 aromatic heterocycles. The number of rotatable bonds is 4. The van der Waals surface area contributed by atoms with E-state index in [2.05, 4.69) is 4.72 Å². The van der Waals surface area contributed by atoms with E-state index in [9.17, 15) is 8.42 Å². The molecule has 0 fully saturated rings. The van der Waals surface area contributed by atoms with Crippen LogP contribution in [0.1, 0.15) is 5.56 Å². The van der Waals surface area contributed by atoms with Crippen LogP contribution in [0.4, 0.5) is 0 Å². The topological polar surface area (TPSA) is 46.2 Å². The summed E-state index contributed by atoms with van der Waals surface area (Å²) < 4.78 is 26.8. The zero-order chi connectivity index (χ0) is 14.8. The third kappa shape index (κ3) is 3.87. The second-order valence-electron chi connectivity index (χ2n) is 4.03. The number of hydrogen-bond donors (Lipinski definition) is 1. The quantitative estimate of drug-likeness (QED) is 0.901. The molecule has 2 aromatic rings. The van der Waals surface area contributed by atoms with Crippen LogP contribution in [-0.4, -0.2) is 8.42 Å². The Morgan fingerprint density at radius 2 is 1.65 bits per heavy atom. The molecular weight excluding hydrogens is 341 g/mol. The van der Waals surface area contributed by atoms with Crippen LogP contribution in [0.3, 0.4) is 0 Å². The molecule has 106 valence electrons. The Morgan fingerprint density at radius 1 is 0.950 bits per heavy atom. The maximum atomic E-state index is 12.2. The highest BCUT2D eigenvalue weighted by molar-refractivity contribution is 7.89. The van der Waals surface area contributed by atoms with E-state index >= 15 is 0 Å². The van der Waals surface area contributed by atoms with Crippen molar-refractivity contribution in [1.29, 1.82) is 0 Å². The average Bonchev–Trinajstić information content (AvgIpc) is 2.36. The lowest BCUT2D eigenvalue weighted by Gasteiger charge is -2.09. The molecule has 0 radical (unpaired) electrons. The maximum Gasteiger partial charge on any atom is 0.242 e. The smallest absolute Gasteiger partial charge is 0.207 e. The minimum atomic E-state index is -3.70. The number of benzene rings is 2. The van der Waals surface area contributed by atoms with Crippen molar-refractivity contribution in [1.82, 2.24) is 4.72 Å². The van der Waals surface area contributed by atoms with E-state index in [-0.39, 0.29) is 16.5 Å². The highest BCUT2D eigenvalue weighted by Gasteiger charge is 2.17. The highest BCUT2D eigenvalue weighted by Crippen LogP contribution is 2.25. The van der Waals surface area contributed by atoms with Gasteiger partial charge in [0.25, 0.3) is 0 Å². The summed E-state index contributed by atoms with van der Waals surface area (Å²) in [4.78, 5) is -0.00871. The van der Waals surface area contributed by atoms with Crippen molar-refractivity contribution in [3.05, 3.63) is 63.1 Å². The molecule has 0 heterocycles. The van der Waals surface area contributed by atoms with Gasteiger partial charge in [-0.3, -0.25) is 0 Å². The average molecular weight is 351 g/mol. The Labute approximate surface area is 132 Å². The molecule has 1 N–H and O–H groups in total. The monoisotopic (exact) mass is 349 g/mol. The van der Waals surface area contributed by atoms with Gasteiger partial charge in [-0.25, -0.2) is 13.1 Å². The van der Waals surface area contributed by atoms with E-state index in [0.717, 1.165) is 5.56 Å². The molecule has 0 aliphatic carbocycles. The van der Waals surface area contributed by atoms with Crippen molar-refractivity contribution in [2.45, 2.75) is 11.4 Å². The van der Waals surface area contributed by atoms with Crippen LogP contribution in [0, 0.1) is 0 Å². The lowest BCUT2D eigenvalue weighted by molar-refractivity contribution is 0.581. The summed E-state index contributed by atoms with van der Waals surface area (Å²) in [5, 5.41) is 1.01. The van der Waals surface area contributed by atoms with E-state index in [0.29, 0.717) is 10.0 Å². The largest absolute Gasteiger partial charge is 0.242 e. The number of sulfonamides is 1. The second kappa shape index (κ2) is 6.33. The molecule has 0 atom stereocenters. The molecule has 2 rings (SSSR count). The van der Waals surface area contributed by atoms with E-state index in [1.807, 2.05) is 0 Å². The molecule has 0 spiro atoms. The van der Waals surface area contributed by atoms with Crippen molar-refractivity contribution >= 4 is 44.8 Å². The van der Waals surface area contributed by atoms with Crippen LogP contribution in [0.15, 0.2) is 47.4 Å². The minimum absolute atomic E-state index is 0.00871. The summed E-state index contributed by atoms with van der Waals surface area (Å²) in [5.41, 5.74) is 0.756. The van der Waals surface area contributed by atoms with Gasteiger partial charge in [-0.2, -0.15) is 0 Å². The zero-order valence-corrected chi connectivity index (χ0v) is 13.2. The van der Waals surface area contributed by atoms with Crippen molar-refractivity contribution in [2.75, 3.05) is 0 Å². The minimum Gasteiger partial charge on any atom is -0.207 e. The van der Waals surface area contributed by atoms with Gasteiger partial charge in [0.1, 0.15) is 4.90 Å². The fourth-order valence-electron chi connectivity index (χ4n) is 1.60. The van der Waals surface area contributed by atoms with Crippen LogP contribution < -0.4 is 4.72 Å². The van der Waals surface area contributed by atoms with E-state index in [1.54, 1.807) is 24.3 Å². The Morgan fingerprint density at radius 3 is 2.30 bits per heavy atom. The molecule has 0 bridgehead atoms. The maximum absolute atomic E-state index is 12.2. The SMILES string of the molecule is O=S(=O)(NCc1cccc(Cl)c1)c1ccc(Cl)cc1Cl. The van der Waals surface area contributed by atoms with Gasteiger partial charge in [0.2, 0.25) is 10.0 Å². The highest BCUT2D eigenvalue weighted by atomic mass is 35.5. The predicted octanol–water partition coefficient (Wildman–Crippen LogP) is 4.13. The van der Waals surface area contributed by atoms with Crippen LogP contribution in [0.5, 0.6) is 0 Å². The summed E-state index contributed by atoms with van der Waals surface area (Å²) in [5.74, 6) is 0. The van der Waals surface area contributed by atoms with Crippen LogP contribution >= 0.6 is 34.8 Å². The van der Waals surface area contributed by atoms with Gasteiger partial charge in [-0.15, -0.1) is 0 Å². The van der Waals surface area contributed by atoms with Gasteiger partial charge in [-0.1, -0.05) is 46.9 Å². The lowest BCUT2D eigenvalue weighted by Crippen LogP contribution is -2.23. The van der Waals surface area contributed by atoms with Crippen molar-refractivity contribution in [3.63, 3.8) is 0 Å². The normalized spacial score (nSPS) is 11.6. The number of nitrogens with one attached hydrogen (secondary N) is 1. The number of hydrogen-bond acceptors (Lipinski definition) is 2. The predicted molar refractivity (Wildman–Crippen MR) is 81.9 cm³/mol. The Bertz CT molecular complexity index is 732. The fourth-order valence-corrected chi connectivity index (χ4v) is 3.60. The first-order valence-corrected chi connectivity index (χ1v) is 8.19. The molecule has 0 aliphatic heterocycles. The molecule has 7 heteroatoms. The molecule has 0 saturated heterocycles. The molecule has 0 unspecified atom stereocenters. The third-order valence-electron chi connectivity index (χ3n) is 2.54. The van der Waals surface area contributed by atoms with Crippen molar-refractivity contribution < 1.29 is 8.42 Å². The summed E-state index contributed by atoms with van der Waals surface area (Å²) in [7, 11) is -3.70. The first-order valence-electron chi connectivity index (χ1n) is 5.58. The molecule has 0 saturated carbocycles. The Hall–Kier alpha value is -0.780. The summed E-state index contributed by atoms with van der Waals surface area (Å²) >= 11 is 17.5. The van der Waals surface area contributed by atoms with Gasteiger partial charge in [0.15, 0.2) is 0 Å². The first kappa shape index (κ1) is 15.6. The Kier molecular flexibility index (Phi) is 4.94. The number of halogens is 3. The van der Waals surface area contributed by atoms with Gasteiger partial charge < -0.3 is 0 Å². The molecular formula is C13H10Cl3NO2S. The molecule has 2 aromatic carbocycles. The standard InChI is InChI=1S/C13H10Cl3NO2S/c14-10-3-1-2-9(6-10)8-17-20(18,19)13-5-4-11(15)7-12(13)16/h1-7,17H,8H2. The van der Waals surface area contributed by atoms with Gasteiger partial charge >= 0.3 is 0 Å². The summed E-state index contributed by atoms with van der Waals surface area (Å²) in [6, 6.07) is 11.2. The van der Waals surface area contributed by atoms with Crippen LogP contribution in [0.25, 0.3) is 0 Å². The molecule has 0 amide bonds. The molecule has 3 nitrogen and oxygen atoms in total. The van der Waals surface area contributed by atoms with E-state index in [4.69, 9.17) is 34.8 Å². The second-order valence-corrected chi connectivity index (χ2v) is 7.04. The van der Waals surface area contributed by atoms with E-state index < -0.39 is 10.0 Å². The fraction of sp³-hybridized carbons (Fsp3) is 0.0769. The summed E-state index contributed by atoms with van der Waals surface area (Å²) in [6.07, 6.45) is 0. The van der Waals surface area contributed by atoms with Gasteiger partial charge in [-0.05, 0) is 35.9 Å². The van der Waals surface area contributed by atoms with Crippen LogP contribution in [-0.2, 0) is 16.6 Å². The summed E-state index contributed by atoms with van der Waals surface area (Å²) in [6.45, 7) is 0.127. The first-order chi connectivity index (χ1) is 9.38. The lowest BCUT2D eigenvalue weighted by atomic mass is 10.2.